The molecule has 2 rings (SSSR count). The highest BCUT2D eigenvalue weighted by Crippen LogP contribution is 2.35. The van der Waals surface area contributed by atoms with Gasteiger partial charge in [0.05, 0.1) is 5.69 Å². The number of esters is 1. The number of hydrogen-bond acceptors (Lipinski definition) is 8. The van der Waals surface area contributed by atoms with Crippen molar-refractivity contribution in [2.45, 2.75) is 104 Å². The molecule has 0 aromatic heterocycles. The molecule has 10 nitrogen and oxygen atoms in total. The summed E-state index contributed by atoms with van der Waals surface area (Å²) in [6.45, 7) is 15.1. The first kappa shape index (κ1) is 29.9. The Bertz CT molecular complexity index is 1000. The number of fused-ring (bicyclic) bond motifs is 1. The van der Waals surface area contributed by atoms with Gasteiger partial charge in [0.25, 0.3) is 0 Å². The third-order valence-electron chi connectivity index (χ3n) is 5.11. The monoisotopic (exact) mass is 520 g/mol. The fraction of sp³-hybridized carbons (Fsp3) is 0.630. The third-order valence-corrected chi connectivity index (χ3v) is 5.11. The number of phenolic OH excluding ortho intramolecular Hbond substituents is 1. The summed E-state index contributed by atoms with van der Waals surface area (Å²) in [5.41, 5.74) is -1.59. The normalized spacial score (nSPS) is 14.5. The highest BCUT2D eigenvalue weighted by molar-refractivity contribution is 5.97. The fourth-order valence-electron chi connectivity index (χ4n) is 3.74. The van der Waals surface area contributed by atoms with E-state index >= 15 is 0 Å². The molecule has 10 heteroatoms. The Morgan fingerprint density at radius 2 is 1.41 bits per heavy atom. The zero-order valence-corrected chi connectivity index (χ0v) is 23.3. The maximum atomic E-state index is 13.3. The van der Waals surface area contributed by atoms with Crippen molar-refractivity contribution in [3.05, 3.63) is 23.8 Å². The SMILES string of the molecule is CC(C)(C)OC(=O)[C@H](CCC(=O)N1CCc2c(O)cccc21)N(C(=O)OC(C)(C)C)C(=O)OC(C)(C)C. The van der Waals surface area contributed by atoms with E-state index in [0.29, 0.717) is 29.1 Å². The summed E-state index contributed by atoms with van der Waals surface area (Å²) in [7, 11) is 0. The molecule has 0 bridgehead atoms. The molecule has 0 unspecified atom stereocenters. The average Bonchev–Trinajstić information content (AvgIpc) is 3.12. The second kappa shape index (κ2) is 11.0. The predicted octanol–water partition coefficient (Wildman–Crippen LogP) is 4.94. The number of ether oxygens (including phenoxy) is 3. The Morgan fingerprint density at radius 3 is 1.89 bits per heavy atom. The highest BCUT2D eigenvalue weighted by atomic mass is 16.6. The second-order valence-corrected chi connectivity index (χ2v) is 12.0. The van der Waals surface area contributed by atoms with Gasteiger partial charge in [0, 0.05) is 18.5 Å². The second-order valence-electron chi connectivity index (χ2n) is 12.0. The van der Waals surface area contributed by atoms with E-state index in [1.807, 2.05) is 0 Å². The number of hydrogen-bond donors (Lipinski definition) is 1. The molecule has 1 aromatic carbocycles. The number of amides is 3. The van der Waals surface area contributed by atoms with Crippen molar-refractivity contribution in [1.82, 2.24) is 4.90 Å². The summed E-state index contributed by atoms with van der Waals surface area (Å²) >= 11 is 0. The number of imide groups is 1. The summed E-state index contributed by atoms with van der Waals surface area (Å²) in [5, 5.41) is 10.1. The van der Waals surface area contributed by atoms with Gasteiger partial charge in [-0.3, -0.25) is 4.79 Å². The summed E-state index contributed by atoms with van der Waals surface area (Å²) in [6.07, 6.45) is -2.06. The number of phenols is 1. The topological polar surface area (TPSA) is 123 Å². The van der Waals surface area contributed by atoms with Crippen molar-refractivity contribution in [3.63, 3.8) is 0 Å². The predicted molar refractivity (Wildman–Crippen MR) is 137 cm³/mol. The molecule has 1 heterocycles. The minimum atomic E-state index is -1.47. The van der Waals surface area contributed by atoms with Crippen molar-refractivity contribution in [2.24, 2.45) is 0 Å². The molecule has 0 fully saturated rings. The molecular formula is C27H40N2O8. The van der Waals surface area contributed by atoms with Crippen molar-refractivity contribution in [2.75, 3.05) is 11.4 Å². The van der Waals surface area contributed by atoms with Crippen molar-refractivity contribution in [3.8, 4) is 5.75 Å². The highest BCUT2D eigenvalue weighted by Gasteiger charge is 2.42. The van der Waals surface area contributed by atoms with Gasteiger partial charge in [-0.2, -0.15) is 4.90 Å². The van der Waals surface area contributed by atoms with Gasteiger partial charge in [-0.15, -0.1) is 0 Å². The van der Waals surface area contributed by atoms with Crippen LogP contribution < -0.4 is 4.90 Å². The quantitative estimate of drug-likeness (QED) is 0.428. The number of aromatic hydroxyl groups is 1. The Labute approximate surface area is 218 Å². The standard InChI is InChI=1S/C27H40N2O8/c1-25(2,3)35-22(32)19(29(23(33)36-26(4,5)6)24(34)37-27(7,8)9)13-14-21(31)28-16-15-17-18(28)11-10-12-20(17)30/h10-12,19,30H,13-16H2,1-9H3/t19-/m0/s1. The van der Waals surface area contributed by atoms with E-state index in [4.69, 9.17) is 14.2 Å². The van der Waals surface area contributed by atoms with Crippen LogP contribution >= 0.6 is 0 Å². The Kier molecular flexibility index (Phi) is 8.88. The summed E-state index contributed by atoms with van der Waals surface area (Å²) in [5.74, 6) is -1.08. The van der Waals surface area contributed by atoms with Crippen LogP contribution in [0.4, 0.5) is 15.3 Å². The number of carbonyl (C=O) groups excluding carboxylic acids is 4. The van der Waals surface area contributed by atoms with Gasteiger partial charge in [-0.1, -0.05) is 6.07 Å². The lowest BCUT2D eigenvalue weighted by atomic mass is 10.1. The van der Waals surface area contributed by atoms with E-state index in [-0.39, 0.29) is 24.5 Å². The first-order valence-corrected chi connectivity index (χ1v) is 12.4. The Morgan fingerprint density at radius 1 is 0.892 bits per heavy atom. The van der Waals surface area contributed by atoms with E-state index in [9.17, 15) is 24.3 Å². The molecule has 0 saturated carbocycles. The summed E-state index contributed by atoms with van der Waals surface area (Å²) in [4.78, 5) is 54.9. The molecule has 1 N–H and O–H groups in total. The first-order valence-electron chi connectivity index (χ1n) is 12.4. The van der Waals surface area contributed by atoms with Crippen molar-refractivity contribution >= 4 is 29.8 Å². The minimum Gasteiger partial charge on any atom is -0.508 e. The molecule has 1 aliphatic rings. The molecule has 0 aliphatic carbocycles. The van der Waals surface area contributed by atoms with Crippen LogP contribution in [-0.4, -0.2) is 63.5 Å². The van der Waals surface area contributed by atoms with Crippen molar-refractivity contribution in [1.29, 1.82) is 0 Å². The number of carbonyl (C=O) groups is 4. The molecule has 1 aromatic rings. The molecule has 1 aliphatic heterocycles. The van der Waals surface area contributed by atoms with Gasteiger partial charge in [-0.05, 0) is 87.3 Å². The van der Waals surface area contributed by atoms with E-state index in [0.717, 1.165) is 0 Å². The van der Waals surface area contributed by atoms with Crippen LogP contribution in [0.5, 0.6) is 5.75 Å². The molecule has 0 radical (unpaired) electrons. The van der Waals surface area contributed by atoms with Gasteiger partial charge in [0.2, 0.25) is 5.91 Å². The van der Waals surface area contributed by atoms with Gasteiger partial charge in [0.15, 0.2) is 0 Å². The van der Waals surface area contributed by atoms with Gasteiger partial charge in [-0.25, -0.2) is 14.4 Å². The van der Waals surface area contributed by atoms with Gasteiger partial charge >= 0.3 is 18.2 Å². The zero-order chi connectivity index (χ0) is 28.3. The average molecular weight is 521 g/mol. The molecular weight excluding hydrogens is 480 g/mol. The van der Waals surface area contributed by atoms with E-state index in [1.54, 1.807) is 80.5 Å². The molecule has 3 amide bonds. The van der Waals surface area contributed by atoms with Crippen LogP contribution in [-0.2, 0) is 30.2 Å². The van der Waals surface area contributed by atoms with Crippen molar-refractivity contribution < 1.29 is 38.5 Å². The Balaban J connectivity index is 2.38. The summed E-state index contributed by atoms with van der Waals surface area (Å²) < 4.78 is 16.4. The minimum absolute atomic E-state index is 0.112. The molecule has 206 valence electrons. The van der Waals surface area contributed by atoms with E-state index in [2.05, 4.69) is 0 Å². The maximum absolute atomic E-state index is 13.3. The van der Waals surface area contributed by atoms with Crippen LogP contribution in [0.2, 0.25) is 0 Å². The third kappa shape index (κ3) is 8.65. The molecule has 37 heavy (non-hydrogen) atoms. The van der Waals surface area contributed by atoms with Gasteiger partial charge in [0.1, 0.15) is 28.6 Å². The summed E-state index contributed by atoms with van der Waals surface area (Å²) in [6, 6.07) is 3.47. The smallest absolute Gasteiger partial charge is 0.420 e. The lowest BCUT2D eigenvalue weighted by molar-refractivity contribution is -0.161. The van der Waals surface area contributed by atoms with Crippen LogP contribution in [0.1, 0.15) is 80.7 Å². The largest absolute Gasteiger partial charge is 0.508 e. The molecule has 1 atom stereocenters. The zero-order valence-electron chi connectivity index (χ0n) is 23.3. The van der Waals surface area contributed by atoms with E-state index in [1.165, 1.54) is 4.90 Å². The van der Waals surface area contributed by atoms with E-state index < -0.39 is 41.0 Å². The lowest BCUT2D eigenvalue weighted by Gasteiger charge is -2.33. The van der Waals surface area contributed by atoms with Crippen LogP contribution in [0.15, 0.2) is 18.2 Å². The van der Waals surface area contributed by atoms with Crippen LogP contribution in [0.25, 0.3) is 0 Å². The molecule has 0 saturated heterocycles. The first-order chi connectivity index (χ1) is 16.8. The fourth-order valence-corrected chi connectivity index (χ4v) is 3.74. The van der Waals surface area contributed by atoms with Gasteiger partial charge < -0.3 is 24.2 Å². The maximum Gasteiger partial charge on any atom is 0.420 e. The van der Waals surface area contributed by atoms with Crippen LogP contribution in [0.3, 0.4) is 0 Å². The lowest BCUT2D eigenvalue weighted by Crippen LogP contribution is -2.53. The van der Waals surface area contributed by atoms with Crippen LogP contribution in [0, 0.1) is 0 Å². The number of benzene rings is 1. The number of anilines is 1. The molecule has 0 spiro atoms. The number of nitrogens with zero attached hydrogens (tertiary/aromatic N) is 2. The Hall–Kier alpha value is -3.30. The number of rotatable bonds is 5.